The second-order valence-corrected chi connectivity index (χ2v) is 8.90. The predicted octanol–water partition coefficient (Wildman–Crippen LogP) is 2.39. The van der Waals surface area contributed by atoms with Gasteiger partial charge in [0, 0.05) is 26.2 Å². The number of hydrogen-bond donors (Lipinski definition) is 1. The molecule has 1 saturated carbocycles. The van der Waals surface area contributed by atoms with Gasteiger partial charge < -0.3 is 10.2 Å². The highest BCUT2D eigenvalue weighted by atomic mass is 16.2. The van der Waals surface area contributed by atoms with Gasteiger partial charge in [-0.1, -0.05) is 60.7 Å². The molecular weight excluding hydrogens is 404 g/mol. The Bertz CT molecular complexity index is 959. The van der Waals surface area contributed by atoms with E-state index in [0.29, 0.717) is 25.9 Å². The molecule has 0 aromatic heterocycles. The Balaban J connectivity index is 1.24. The molecule has 1 aliphatic carbocycles. The van der Waals surface area contributed by atoms with Crippen LogP contribution >= 0.6 is 0 Å². The summed E-state index contributed by atoms with van der Waals surface area (Å²) in [6.07, 6.45) is 2.27. The molecule has 2 saturated heterocycles. The monoisotopic (exact) mass is 432 g/mol. The molecular formula is C25H28N4O3. The standard InChI is InChI=1S/C25H28N4O3/c30-21(18-29-23(31)25(12-7-13-25)26-24(29)32)27-14-16-28(17-15-27)22(19-8-3-1-4-9-19)20-10-5-2-6-11-20/h1-6,8-11,22H,7,12-18H2,(H,26,32). The quantitative estimate of drug-likeness (QED) is 0.737. The van der Waals surface area contributed by atoms with E-state index < -0.39 is 11.6 Å². The van der Waals surface area contributed by atoms with Gasteiger partial charge in [-0.05, 0) is 30.4 Å². The van der Waals surface area contributed by atoms with Crippen LogP contribution in [0.5, 0.6) is 0 Å². The Hall–Kier alpha value is -3.19. The minimum Gasteiger partial charge on any atom is -0.339 e. The number of urea groups is 1. The molecule has 1 N–H and O–H groups in total. The van der Waals surface area contributed by atoms with E-state index in [2.05, 4.69) is 58.7 Å². The lowest BCUT2D eigenvalue weighted by Crippen LogP contribution is -2.54. The molecule has 166 valence electrons. The smallest absolute Gasteiger partial charge is 0.325 e. The Morgan fingerprint density at radius 2 is 1.44 bits per heavy atom. The second kappa shape index (κ2) is 8.39. The molecule has 3 aliphatic rings. The first-order valence-electron chi connectivity index (χ1n) is 11.3. The molecule has 2 aromatic rings. The van der Waals surface area contributed by atoms with Crippen LogP contribution in [0, 0.1) is 0 Å². The van der Waals surface area contributed by atoms with E-state index in [1.807, 2.05) is 12.1 Å². The van der Waals surface area contributed by atoms with Gasteiger partial charge in [-0.25, -0.2) is 4.79 Å². The van der Waals surface area contributed by atoms with Crippen molar-refractivity contribution in [1.29, 1.82) is 0 Å². The summed E-state index contributed by atoms with van der Waals surface area (Å²) in [7, 11) is 0. The molecule has 7 heteroatoms. The maximum absolute atomic E-state index is 12.9. The van der Waals surface area contributed by atoms with Crippen LogP contribution in [-0.2, 0) is 9.59 Å². The number of imide groups is 1. The summed E-state index contributed by atoms with van der Waals surface area (Å²) in [5.74, 6) is -0.408. The third-order valence-corrected chi connectivity index (χ3v) is 7.01. The van der Waals surface area contributed by atoms with E-state index in [9.17, 15) is 14.4 Å². The number of carbonyl (C=O) groups is 3. The maximum atomic E-state index is 12.9. The summed E-state index contributed by atoms with van der Waals surface area (Å²) in [5, 5.41) is 2.79. The van der Waals surface area contributed by atoms with Crippen molar-refractivity contribution < 1.29 is 14.4 Å². The predicted molar refractivity (Wildman–Crippen MR) is 120 cm³/mol. The average molecular weight is 433 g/mol. The average Bonchev–Trinajstić information content (AvgIpc) is 3.06. The molecule has 0 radical (unpaired) electrons. The first-order chi connectivity index (χ1) is 15.6. The van der Waals surface area contributed by atoms with Crippen molar-refractivity contribution in [1.82, 2.24) is 20.0 Å². The zero-order chi connectivity index (χ0) is 22.1. The van der Waals surface area contributed by atoms with Gasteiger partial charge in [0.2, 0.25) is 5.91 Å². The maximum Gasteiger partial charge on any atom is 0.325 e. The highest BCUT2D eigenvalue weighted by Gasteiger charge is 2.55. The molecule has 4 amide bonds. The van der Waals surface area contributed by atoms with Crippen molar-refractivity contribution >= 4 is 17.8 Å². The van der Waals surface area contributed by atoms with Crippen LogP contribution in [0.3, 0.4) is 0 Å². The van der Waals surface area contributed by atoms with Crippen molar-refractivity contribution in [2.75, 3.05) is 32.7 Å². The highest BCUT2D eigenvalue weighted by Crippen LogP contribution is 2.37. The molecule has 2 aromatic carbocycles. The zero-order valence-electron chi connectivity index (χ0n) is 18.1. The highest BCUT2D eigenvalue weighted by molar-refractivity contribution is 6.09. The third-order valence-electron chi connectivity index (χ3n) is 7.01. The Kier molecular flexibility index (Phi) is 5.43. The van der Waals surface area contributed by atoms with E-state index in [0.717, 1.165) is 24.4 Å². The van der Waals surface area contributed by atoms with E-state index in [1.54, 1.807) is 4.90 Å². The summed E-state index contributed by atoms with van der Waals surface area (Å²) >= 11 is 0. The second-order valence-electron chi connectivity index (χ2n) is 8.90. The van der Waals surface area contributed by atoms with Crippen LogP contribution in [-0.4, -0.2) is 70.8 Å². The topological polar surface area (TPSA) is 73.0 Å². The number of amides is 4. The third kappa shape index (κ3) is 3.66. The van der Waals surface area contributed by atoms with Gasteiger partial charge in [0.1, 0.15) is 12.1 Å². The Morgan fingerprint density at radius 1 is 0.875 bits per heavy atom. The summed E-state index contributed by atoms with van der Waals surface area (Å²) in [6, 6.07) is 20.5. The first-order valence-corrected chi connectivity index (χ1v) is 11.3. The molecule has 0 unspecified atom stereocenters. The van der Waals surface area contributed by atoms with Gasteiger partial charge in [-0.15, -0.1) is 0 Å². The molecule has 2 heterocycles. The lowest BCUT2D eigenvalue weighted by molar-refractivity contribution is -0.141. The van der Waals surface area contributed by atoms with Gasteiger partial charge in [0.05, 0.1) is 6.04 Å². The van der Waals surface area contributed by atoms with E-state index in [-0.39, 0.29) is 24.4 Å². The minimum atomic E-state index is -0.741. The lowest BCUT2D eigenvalue weighted by atomic mass is 9.77. The van der Waals surface area contributed by atoms with Crippen LogP contribution in [0.4, 0.5) is 4.79 Å². The molecule has 32 heavy (non-hydrogen) atoms. The largest absolute Gasteiger partial charge is 0.339 e. The van der Waals surface area contributed by atoms with E-state index in [1.165, 1.54) is 11.1 Å². The molecule has 3 fully saturated rings. The Morgan fingerprint density at radius 3 is 1.91 bits per heavy atom. The lowest BCUT2D eigenvalue weighted by Gasteiger charge is -2.40. The van der Waals surface area contributed by atoms with Gasteiger partial charge in [-0.3, -0.25) is 19.4 Å². The number of benzene rings is 2. The van der Waals surface area contributed by atoms with Crippen LogP contribution in [0.25, 0.3) is 0 Å². The van der Waals surface area contributed by atoms with E-state index in [4.69, 9.17) is 0 Å². The van der Waals surface area contributed by atoms with Gasteiger partial charge in [0.25, 0.3) is 5.91 Å². The molecule has 2 aliphatic heterocycles. The van der Waals surface area contributed by atoms with Crippen molar-refractivity contribution in [3.63, 3.8) is 0 Å². The first kappa shape index (κ1) is 20.7. The van der Waals surface area contributed by atoms with Gasteiger partial charge >= 0.3 is 6.03 Å². The number of nitrogens with zero attached hydrogens (tertiary/aromatic N) is 3. The van der Waals surface area contributed by atoms with Crippen molar-refractivity contribution in [3.05, 3.63) is 71.8 Å². The van der Waals surface area contributed by atoms with Crippen LogP contribution in [0.1, 0.15) is 36.4 Å². The van der Waals surface area contributed by atoms with Crippen molar-refractivity contribution in [2.24, 2.45) is 0 Å². The number of nitrogens with one attached hydrogen (secondary N) is 1. The number of rotatable bonds is 5. The molecule has 0 bridgehead atoms. The molecule has 0 atom stereocenters. The SMILES string of the molecule is O=C(CN1C(=O)NC2(CCC2)C1=O)N1CCN(C(c2ccccc2)c2ccccc2)CC1. The normalized spacial score (nSPS) is 20.5. The van der Waals surface area contributed by atoms with Crippen LogP contribution in [0.15, 0.2) is 60.7 Å². The van der Waals surface area contributed by atoms with Gasteiger partial charge in [-0.2, -0.15) is 0 Å². The van der Waals surface area contributed by atoms with Crippen molar-refractivity contribution in [3.8, 4) is 0 Å². The molecule has 1 spiro atoms. The molecule has 5 rings (SSSR count). The Labute approximate surface area is 188 Å². The minimum absolute atomic E-state index is 0.124. The van der Waals surface area contributed by atoms with E-state index >= 15 is 0 Å². The van der Waals surface area contributed by atoms with Crippen LogP contribution in [0.2, 0.25) is 0 Å². The summed E-state index contributed by atoms with van der Waals surface area (Å²) in [4.78, 5) is 43.1. The van der Waals surface area contributed by atoms with Crippen LogP contribution < -0.4 is 5.32 Å². The summed E-state index contributed by atoms with van der Waals surface area (Å²) in [5.41, 5.74) is 1.71. The fourth-order valence-electron chi connectivity index (χ4n) is 5.04. The molecule has 7 nitrogen and oxygen atoms in total. The fourth-order valence-corrected chi connectivity index (χ4v) is 5.04. The van der Waals surface area contributed by atoms with Gasteiger partial charge in [0.15, 0.2) is 0 Å². The fraction of sp³-hybridized carbons (Fsp3) is 0.400. The number of piperazine rings is 1. The van der Waals surface area contributed by atoms with Crippen molar-refractivity contribution in [2.45, 2.75) is 30.8 Å². The number of carbonyl (C=O) groups excluding carboxylic acids is 3. The summed E-state index contributed by atoms with van der Waals surface area (Å²) < 4.78 is 0. The zero-order valence-corrected chi connectivity index (χ0v) is 18.1. The summed E-state index contributed by atoms with van der Waals surface area (Å²) in [6.45, 7) is 2.43. The number of hydrogen-bond acceptors (Lipinski definition) is 4.